The van der Waals surface area contributed by atoms with E-state index in [1.165, 1.54) is 6.07 Å². The average Bonchev–Trinajstić information content (AvgIpc) is 3.27. The highest BCUT2D eigenvalue weighted by molar-refractivity contribution is 5.95. The fraction of sp³-hybridized carbons (Fsp3) is 0.0435. The van der Waals surface area contributed by atoms with Crippen molar-refractivity contribution in [3.63, 3.8) is 0 Å². The van der Waals surface area contributed by atoms with Gasteiger partial charge in [-0.2, -0.15) is 0 Å². The zero-order valence-corrected chi connectivity index (χ0v) is 16.5. The maximum Gasteiger partial charge on any atom is 0.338 e. The van der Waals surface area contributed by atoms with Crippen molar-refractivity contribution in [1.29, 1.82) is 0 Å². The number of urea groups is 1. The van der Waals surface area contributed by atoms with Crippen LogP contribution < -0.4 is 20.9 Å². The molecule has 0 atom stereocenters. The van der Waals surface area contributed by atoms with E-state index in [-0.39, 0.29) is 18.1 Å². The zero-order valence-electron chi connectivity index (χ0n) is 16.5. The van der Waals surface area contributed by atoms with Gasteiger partial charge in [0.1, 0.15) is 29.8 Å². The third kappa shape index (κ3) is 5.01. The molecule has 3 aromatic carbocycles. The summed E-state index contributed by atoms with van der Waals surface area (Å²) in [7, 11) is 0. The highest BCUT2D eigenvalue weighted by Gasteiger charge is 2.14. The summed E-state index contributed by atoms with van der Waals surface area (Å²) in [5.41, 5.74) is 3.93. The lowest BCUT2D eigenvalue weighted by Gasteiger charge is -2.09. The summed E-state index contributed by atoms with van der Waals surface area (Å²) in [6.07, 6.45) is 0. The third-order valence-electron chi connectivity index (χ3n) is 4.46. The summed E-state index contributed by atoms with van der Waals surface area (Å²) in [6, 6.07) is 18.3. The predicted octanol–water partition coefficient (Wildman–Crippen LogP) is 4.76. The Morgan fingerprint density at radius 2 is 1.69 bits per heavy atom. The van der Waals surface area contributed by atoms with E-state index in [4.69, 9.17) is 9.15 Å². The Hall–Kier alpha value is -4.40. The molecule has 3 amide bonds. The molecule has 0 saturated carbocycles. The van der Waals surface area contributed by atoms with Crippen LogP contribution in [-0.4, -0.2) is 11.9 Å². The van der Waals surface area contributed by atoms with Crippen LogP contribution in [0.15, 0.2) is 77.2 Å². The second kappa shape index (κ2) is 9.17. The molecule has 0 aliphatic carbocycles. The van der Waals surface area contributed by atoms with Gasteiger partial charge in [-0.3, -0.25) is 10.2 Å². The van der Waals surface area contributed by atoms with Crippen molar-refractivity contribution in [1.82, 2.24) is 10.9 Å². The van der Waals surface area contributed by atoms with Crippen molar-refractivity contribution >= 4 is 28.4 Å². The van der Waals surface area contributed by atoms with Gasteiger partial charge in [0, 0.05) is 6.07 Å². The minimum atomic E-state index is -0.950. The summed E-state index contributed by atoms with van der Waals surface area (Å²) in [6.45, 7) is 0.101. The van der Waals surface area contributed by atoms with Gasteiger partial charge < -0.3 is 14.5 Å². The number of amides is 3. The van der Waals surface area contributed by atoms with Gasteiger partial charge in [0.2, 0.25) is 0 Å². The van der Waals surface area contributed by atoms with Crippen LogP contribution >= 0.6 is 0 Å². The zero-order chi connectivity index (χ0) is 22.5. The van der Waals surface area contributed by atoms with E-state index in [1.807, 2.05) is 42.5 Å². The molecule has 7 nitrogen and oxygen atoms in total. The largest absolute Gasteiger partial charge is 0.486 e. The molecule has 32 heavy (non-hydrogen) atoms. The number of ether oxygens (including phenoxy) is 1. The standard InChI is InChI=1S/C23H17F2N3O4/c24-16-6-9-20(19(25)12-16)26-23(30)28-27-22(29)21-10-8-18(32-21)13-31-17-7-5-14-3-1-2-4-15(14)11-17/h1-12H,13H2,(H,27,29)(H2,26,28,30). The normalized spacial score (nSPS) is 10.6. The van der Waals surface area contributed by atoms with E-state index in [1.54, 1.807) is 6.07 Å². The van der Waals surface area contributed by atoms with Crippen molar-refractivity contribution in [3.8, 4) is 5.75 Å². The molecular weight excluding hydrogens is 420 g/mol. The molecule has 0 aliphatic heterocycles. The number of benzene rings is 3. The molecule has 4 rings (SSSR count). The van der Waals surface area contributed by atoms with Gasteiger partial charge >= 0.3 is 11.9 Å². The van der Waals surface area contributed by atoms with E-state index in [0.717, 1.165) is 22.9 Å². The van der Waals surface area contributed by atoms with Crippen molar-refractivity contribution in [2.75, 3.05) is 5.32 Å². The summed E-state index contributed by atoms with van der Waals surface area (Å²) < 4.78 is 37.6. The number of fused-ring (bicyclic) bond motifs is 1. The molecule has 0 radical (unpaired) electrons. The molecule has 9 heteroatoms. The fourth-order valence-electron chi connectivity index (χ4n) is 2.91. The van der Waals surface area contributed by atoms with Gasteiger partial charge in [0.25, 0.3) is 0 Å². The van der Waals surface area contributed by atoms with E-state index in [0.29, 0.717) is 17.6 Å². The first-order chi connectivity index (χ1) is 15.5. The van der Waals surface area contributed by atoms with Crippen molar-refractivity contribution in [3.05, 3.63) is 96.0 Å². The molecule has 0 unspecified atom stereocenters. The SMILES string of the molecule is O=C(NNC(=O)c1ccc(COc2ccc3ccccc3c2)o1)Nc1ccc(F)cc1F. The quantitative estimate of drug-likeness (QED) is 0.393. The first-order valence-corrected chi connectivity index (χ1v) is 9.50. The van der Waals surface area contributed by atoms with Crippen molar-refractivity contribution < 1.29 is 27.5 Å². The Morgan fingerprint density at radius 1 is 0.875 bits per heavy atom. The Labute approximate surface area is 181 Å². The lowest BCUT2D eigenvalue weighted by atomic mass is 10.1. The van der Waals surface area contributed by atoms with Crippen LogP contribution in [0.25, 0.3) is 10.8 Å². The number of hydrogen-bond acceptors (Lipinski definition) is 4. The molecule has 3 N–H and O–H groups in total. The number of carbonyl (C=O) groups is 2. The maximum absolute atomic E-state index is 13.6. The highest BCUT2D eigenvalue weighted by Crippen LogP contribution is 2.22. The van der Waals surface area contributed by atoms with Gasteiger partial charge in [0.15, 0.2) is 5.76 Å². The minimum absolute atomic E-state index is 0.0598. The molecule has 0 saturated heterocycles. The lowest BCUT2D eigenvalue weighted by molar-refractivity contribution is 0.0906. The highest BCUT2D eigenvalue weighted by atomic mass is 19.1. The van der Waals surface area contributed by atoms with E-state index >= 15 is 0 Å². The number of furan rings is 1. The smallest absolute Gasteiger partial charge is 0.338 e. The minimum Gasteiger partial charge on any atom is -0.486 e. The van der Waals surface area contributed by atoms with Gasteiger partial charge in [-0.1, -0.05) is 30.3 Å². The summed E-state index contributed by atoms with van der Waals surface area (Å²) in [4.78, 5) is 23.9. The Kier molecular flexibility index (Phi) is 5.98. The summed E-state index contributed by atoms with van der Waals surface area (Å²) in [5.74, 6) is -1.46. The van der Waals surface area contributed by atoms with Crippen LogP contribution in [0.3, 0.4) is 0 Å². The predicted molar refractivity (Wildman–Crippen MR) is 113 cm³/mol. The second-order valence-electron chi connectivity index (χ2n) is 6.72. The molecular formula is C23H17F2N3O4. The molecule has 1 heterocycles. The van der Waals surface area contributed by atoms with Gasteiger partial charge in [-0.15, -0.1) is 0 Å². The van der Waals surface area contributed by atoms with Crippen LogP contribution in [0.2, 0.25) is 0 Å². The Morgan fingerprint density at radius 3 is 2.50 bits per heavy atom. The number of carbonyl (C=O) groups excluding carboxylic acids is 2. The van der Waals surface area contributed by atoms with Gasteiger partial charge in [0.05, 0.1) is 5.69 Å². The fourth-order valence-corrected chi connectivity index (χ4v) is 2.91. The molecule has 162 valence electrons. The lowest BCUT2D eigenvalue weighted by Crippen LogP contribution is -2.43. The molecule has 0 spiro atoms. The van der Waals surface area contributed by atoms with Crippen LogP contribution in [0.5, 0.6) is 5.75 Å². The van der Waals surface area contributed by atoms with Crippen LogP contribution in [-0.2, 0) is 6.61 Å². The number of halogens is 2. The van der Waals surface area contributed by atoms with Crippen molar-refractivity contribution in [2.45, 2.75) is 6.61 Å². The number of rotatable bonds is 5. The second-order valence-corrected chi connectivity index (χ2v) is 6.72. The maximum atomic E-state index is 13.6. The number of anilines is 1. The topological polar surface area (TPSA) is 92.6 Å². The number of hydrogen-bond donors (Lipinski definition) is 3. The van der Waals surface area contributed by atoms with Crippen LogP contribution in [0, 0.1) is 11.6 Å². The molecule has 0 bridgehead atoms. The van der Waals surface area contributed by atoms with E-state index in [9.17, 15) is 18.4 Å². The third-order valence-corrected chi connectivity index (χ3v) is 4.46. The first-order valence-electron chi connectivity index (χ1n) is 9.50. The monoisotopic (exact) mass is 437 g/mol. The van der Waals surface area contributed by atoms with Gasteiger partial charge in [-0.05, 0) is 47.2 Å². The number of nitrogens with one attached hydrogen (secondary N) is 3. The average molecular weight is 437 g/mol. The first kappa shape index (κ1) is 20.9. The van der Waals surface area contributed by atoms with Crippen molar-refractivity contribution in [2.24, 2.45) is 0 Å². The molecule has 0 fully saturated rings. The summed E-state index contributed by atoms with van der Waals surface area (Å²) >= 11 is 0. The Balaban J connectivity index is 1.28. The Bertz CT molecular complexity index is 1290. The summed E-state index contributed by atoms with van der Waals surface area (Å²) in [5, 5.41) is 4.27. The van der Waals surface area contributed by atoms with Crippen LogP contribution in [0.1, 0.15) is 16.3 Å². The molecule has 4 aromatic rings. The van der Waals surface area contributed by atoms with Gasteiger partial charge in [-0.25, -0.2) is 19.0 Å². The van der Waals surface area contributed by atoms with E-state index in [2.05, 4.69) is 16.2 Å². The van der Waals surface area contributed by atoms with Crippen LogP contribution in [0.4, 0.5) is 19.3 Å². The molecule has 0 aliphatic rings. The molecule has 1 aromatic heterocycles. The van der Waals surface area contributed by atoms with E-state index < -0.39 is 23.6 Å². The number of hydrazine groups is 1.